The second-order valence-electron chi connectivity index (χ2n) is 7.67. The van der Waals surface area contributed by atoms with Crippen LogP contribution in [0.5, 0.6) is 5.75 Å². The minimum Gasteiger partial charge on any atom is -0.471 e. The van der Waals surface area contributed by atoms with E-state index in [2.05, 4.69) is 10.00 Å². The molecule has 0 atom stereocenters. The summed E-state index contributed by atoms with van der Waals surface area (Å²) in [6.45, 7) is 7.18. The maximum Gasteiger partial charge on any atom is 0.274 e. The van der Waals surface area contributed by atoms with Crippen molar-refractivity contribution >= 4 is 5.91 Å². The number of rotatable bonds is 6. The highest BCUT2D eigenvalue weighted by Crippen LogP contribution is 2.30. The first-order chi connectivity index (χ1) is 13.2. The van der Waals surface area contributed by atoms with E-state index in [-0.39, 0.29) is 5.91 Å². The first-order valence-corrected chi connectivity index (χ1v) is 9.92. The fourth-order valence-corrected chi connectivity index (χ4v) is 3.59. The van der Waals surface area contributed by atoms with Crippen LogP contribution in [0, 0.1) is 12.8 Å². The molecular formula is C21H28N4O2. The molecule has 1 saturated heterocycles. The van der Waals surface area contributed by atoms with Crippen molar-refractivity contribution in [3.8, 4) is 5.75 Å². The molecule has 1 aliphatic heterocycles. The Morgan fingerprint density at radius 3 is 2.81 bits per heavy atom. The first-order valence-electron chi connectivity index (χ1n) is 9.92. The van der Waals surface area contributed by atoms with E-state index in [0.29, 0.717) is 12.4 Å². The molecule has 0 radical (unpaired) electrons. The van der Waals surface area contributed by atoms with Gasteiger partial charge in [-0.1, -0.05) is 18.2 Å². The number of aromatic nitrogens is 2. The van der Waals surface area contributed by atoms with Gasteiger partial charge in [-0.05, 0) is 56.3 Å². The largest absolute Gasteiger partial charge is 0.471 e. The Kier molecular flexibility index (Phi) is 5.43. The molecule has 1 saturated carbocycles. The van der Waals surface area contributed by atoms with E-state index in [1.54, 1.807) is 10.7 Å². The van der Waals surface area contributed by atoms with Gasteiger partial charge in [0.15, 0.2) is 12.4 Å². The van der Waals surface area contributed by atoms with Gasteiger partial charge in [0, 0.05) is 32.4 Å². The van der Waals surface area contributed by atoms with Crippen molar-refractivity contribution in [3.63, 3.8) is 0 Å². The van der Waals surface area contributed by atoms with Crippen molar-refractivity contribution in [2.45, 2.75) is 32.9 Å². The quantitative estimate of drug-likeness (QED) is 0.787. The summed E-state index contributed by atoms with van der Waals surface area (Å²) in [5.74, 6) is 1.76. The molecule has 2 fully saturated rings. The van der Waals surface area contributed by atoms with Crippen molar-refractivity contribution in [2.75, 3.05) is 32.7 Å². The molecule has 1 aliphatic carbocycles. The van der Waals surface area contributed by atoms with E-state index < -0.39 is 0 Å². The Morgan fingerprint density at radius 1 is 1.15 bits per heavy atom. The minimum absolute atomic E-state index is 0.0258. The van der Waals surface area contributed by atoms with E-state index in [1.165, 1.54) is 19.4 Å². The normalized spacial score (nSPS) is 18.3. The number of ether oxygens (including phenoxy) is 1. The molecule has 0 bridgehead atoms. The predicted octanol–water partition coefficient (Wildman–Crippen LogP) is 2.79. The highest BCUT2D eigenvalue weighted by Gasteiger charge is 2.27. The maximum absolute atomic E-state index is 12.8. The second-order valence-corrected chi connectivity index (χ2v) is 7.67. The topological polar surface area (TPSA) is 50.6 Å². The lowest BCUT2D eigenvalue weighted by Gasteiger charge is -2.21. The molecule has 4 rings (SSSR count). The molecule has 1 amide bonds. The van der Waals surface area contributed by atoms with Crippen LogP contribution in [-0.2, 0) is 6.73 Å². The molecular weight excluding hydrogens is 340 g/mol. The van der Waals surface area contributed by atoms with Gasteiger partial charge in [0.25, 0.3) is 5.91 Å². The van der Waals surface area contributed by atoms with E-state index in [9.17, 15) is 4.79 Å². The van der Waals surface area contributed by atoms with Gasteiger partial charge in [-0.15, -0.1) is 0 Å². The number of carbonyl (C=O) groups excluding carboxylic acids is 1. The Labute approximate surface area is 160 Å². The summed E-state index contributed by atoms with van der Waals surface area (Å²) in [4.78, 5) is 17.3. The minimum atomic E-state index is 0.0258. The van der Waals surface area contributed by atoms with Crippen molar-refractivity contribution in [1.82, 2.24) is 19.6 Å². The van der Waals surface area contributed by atoms with E-state index in [4.69, 9.17) is 4.74 Å². The zero-order chi connectivity index (χ0) is 18.6. The number of para-hydroxylation sites is 1. The van der Waals surface area contributed by atoms with Crippen LogP contribution in [0.25, 0.3) is 0 Å². The third-order valence-electron chi connectivity index (χ3n) is 5.39. The van der Waals surface area contributed by atoms with Crippen LogP contribution in [0.4, 0.5) is 0 Å². The van der Waals surface area contributed by atoms with Gasteiger partial charge in [-0.25, -0.2) is 4.68 Å². The maximum atomic E-state index is 12.8. The Balaban J connectivity index is 1.32. The average Bonchev–Trinajstić information content (AvgIpc) is 3.42. The van der Waals surface area contributed by atoms with Gasteiger partial charge in [0.1, 0.15) is 5.75 Å². The van der Waals surface area contributed by atoms with Crippen LogP contribution in [0.15, 0.2) is 36.5 Å². The zero-order valence-corrected chi connectivity index (χ0v) is 16.0. The van der Waals surface area contributed by atoms with Gasteiger partial charge in [-0.2, -0.15) is 5.10 Å². The number of carbonyl (C=O) groups is 1. The first kappa shape index (κ1) is 18.0. The number of aryl methyl sites for hydroxylation is 1. The van der Waals surface area contributed by atoms with Gasteiger partial charge in [-0.3, -0.25) is 4.79 Å². The Morgan fingerprint density at radius 2 is 2.00 bits per heavy atom. The smallest absolute Gasteiger partial charge is 0.274 e. The van der Waals surface area contributed by atoms with Gasteiger partial charge < -0.3 is 14.5 Å². The van der Waals surface area contributed by atoms with Crippen LogP contribution in [0.3, 0.4) is 0 Å². The number of hydrogen-bond donors (Lipinski definition) is 0. The SMILES string of the molecule is Cc1ccccc1OCn1ccc(C(=O)N2CCCN(CC3CC3)CC2)n1. The van der Waals surface area contributed by atoms with Crippen molar-refractivity contribution in [2.24, 2.45) is 5.92 Å². The standard InChI is InChI=1S/C21H28N4O2/c1-17-5-2-3-6-20(17)27-16-25-12-9-19(22-25)21(26)24-11-4-10-23(13-14-24)15-18-7-8-18/h2-3,5-6,9,12,18H,4,7-8,10-11,13-16H2,1H3. The number of hydrogen-bond acceptors (Lipinski definition) is 4. The number of nitrogens with zero attached hydrogens (tertiary/aromatic N) is 4. The number of benzene rings is 1. The van der Waals surface area contributed by atoms with Crippen LogP contribution in [0.2, 0.25) is 0 Å². The average molecular weight is 368 g/mol. The molecule has 2 heterocycles. The summed E-state index contributed by atoms with van der Waals surface area (Å²) in [5.41, 5.74) is 1.58. The highest BCUT2D eigenvalue weighted by atomic mass is 16.5. The lowest BCUT2D eigenvalue weighted by atomic mass is 10.2. The zero-order valence-electron chi connectivity index (χ0n) is 16.0. The molecule has 27 heavy (non-hydrogen) atoms. The molecule has 0 N–H and O–H groups in total. The van der Waals surface area contributed by atoms with Crippen LogP contribution in [-0.4, -0.2) is 58.2 Å². The molecule has 0 unspecified atom stereocenters. The Hall–Kier alpha value is -2.34. The molecule has 2 aliphatic rings. The molecule has 144 valence electrons. The molecule has 1 aromatic heterocycles. The molecule has 6 heteroatoms. The second kappa shape index (κ2) is 8.13. The molecule has 2 aromatic rings. The fraction of sp³-hybridized carbons (Fsp3) is 0.524. The number of amides is 1. The van der Waals surface area contributed by atoms with Gasteiger partial charge >= 0.3 is 0 Å². The van der Waals surface area contributed by atoms with Gasteiger partial charge in [0.05, 0.1) is 0 Å². The van der Waals surface area contributed by atoms with E-state index in [0.717, 1.165) is 49.8 Å². The summed E-state index contributed by atoms with van der Waals surface area (Å²) in [6, 6.07) is 9.68. The summed E-state index contributed by atoms with van der Waals surface area (Å²) in [5, 5.41) is 4.42. The molecule has 1 aromatic carbocycles. The lowest BCUT2D eigenvalue weighted by molar-refractivity contribution is 0.0753. The van der Waals surface area contributed by atoms with Crippen LogP contribution < -0.4 is 4.74 Å². The summed E-state index contributed by atoms with van der Waals surface area (Å²) in [6.07, 6.45) is 5.60. The monoisotopic (exact) mass is 368 g/mol. The van der Waals surface area contributed by atoms with Crippen LogP contribution in [0.1, 0.15) is 35.3 Å². The van der Waals surface area contributed by atoms with Crippen molar-refractivity contribution in [3.05, 3.63) is 47.8 Å². The molecule has 0 spiro atoms. The third kappa shape index (κ3) is 4.69. The van der Waals surface area contributed by atoms with Crippen molar-refractivity contribution < 1.29 is 9.53 Å². The highest BCUT2D eigenvalue weighted by molar-refractivity contribution is 5.92. The summed E-state index contributed by atoms with van der Waals surface area (Å²) < 4.78 is 7.48. The van der Waals surface area contributed by atoms with E-state index in [1.807, 2.05) is 42.3 Å². The predicted molar refractivity (Wildman–Crippen MR) is 104 cm³/mol. The lowest BCUT2D eigenvalue weighted by Crippen LogP contribution is -2.36. The van der Waals surface area contributed by atoms with Crippen molar-refractivity contribution in [1.29, 1.82) is 0 Å². The fourth-order valence-electron chi connectivity index (χ4n) is 3.59. The van der Waals surface area contributed by atoms with E-state index >= 15 is 0 Å². The summed E-state index contributed by atoms with van der Waals surface area (Å²) in [7, 11) is 0. The summed E-state index contributed by atoms with van der Waals surface area (Å²) >= 11 is 0. The van der Waals surface area contributed by atoms with Gasteiger partial charge in [0.2, 0.25) is 0 Å². The third-order valence-corrected chi connectivity index (χ3v) is 5.39. The Bertz CT molecular complexity index is 784. The van der Waals surface area contributed by atoms with Crippen LogP contribution >= 0.6 is 0 Å². The molecule has 6 nitrogen and oxygen atoms in total.